The van der Waals surface area contributed by atoms with Gasteiger partial charge in [-0.1, -0.05) is 37.6 Å². The lowest BCUT2D eigenvalue weighted by Gasteiger charge is -2.45. The summed E-state index contributed by atoms with van der Waals surface area (Å²) < 4.78 is 0. The van der Waals surface area contributed by atoms with Crippen LogP contribution in [-0.4, -0.2) is 23.4 Å². The highest BCUT2D eigenvalue weighted by atomic mass is 35.5. The summed E-state index contributed by atoms with van der Waals surface area (Å²) in [7, 11) is 0. The van der Waals surface area contributed by atoms with Gasteiger partial charge in [-0.2, -0.15) is 0 Å². The Balaban J connectivity index is 2.64. The molecule has 1 atom stereocenters. The number of hydrogen-bond donors (Lipinski definition) is 1. The molecule has 5 heteroatoms. The molecule has 1 N–H and O–H groups in total. The average molecular weight is 309 g/mol. The van der Waals surface area contributed by atoms with Crippen molar-refractivity contribution in [3.05, 3.63) is 28.8 Å². The number of benzene rings is 1. The molecule has 0 aliphatic carbocycles. The third-order valence-corrected chi connectivity index (χ3v) is 4.10. The number of piperazine rings is 1. The van der Waals surface area contributed by atoms with Crippen molar-refractivity contribution in [2.24, 2.45) is 5.92 Å². The van der Waals surface area contributed by atoms with Gasteiger partial charge in [-0.15, -0.1) is 0 Å². The van der Waals surface area contributed by atoms with Crippen LogP contribution in [0.15, 0.2) is 18.2 Å². The molecule has 1 unspecified atom stereocenters. The molecule has 4 nitrogen and oxygen atoms in total. The fourth-order valence-corrected chi connectivity index (χ4v) is 3.06. The first-order chi connectivity index (χ1) is 9.66. The number of para-hydroxylation sites is 1. The highest BCUT2D eigenvalue weighted by Crippen LogP contribution is 2.36. The van der Waals surface area contributed by atoms with Gasteiger partial charge in [0.05, 0.1) is 10.7 Å². The standard InChI is InChI=1S/C16H21ClN2O2/c1-9(2)12-14(20)18-16(4,5)15(21)19(12)13-10(3)7-6-8-11(13)17/h6-9,12H,1-5H3,(H,18,20). The van der Waals surface area contributed by atoms with E-state index in [2.05, 4.69) is 5.32 Å². The van der Waals surface area contributed by atoms with Crippen LogP contribution in [0.4, 0.5) is 5.69 Å². The molecule has 1 aromatic carbocycles. The minimum absolute atomic E-state index is 0.0132. The van der Waals surface area contributed by atoms with Crippen molar-refractivity contribution in [1.29, 1.82) is 0 Å². The van der Waals surface area contributed by atoms with Gasteiger partial charge in [0.25, 0.3) is 5.91 Å². The number of hydrogen-bond acceptors (Lipinski definition) is 2. The molecule has 2 rings (SSSR count). The maximum absolute atomic E-state index is 12.9. The van der Waals surface area contributed by atoms with Crippen LogP contribution in [0, 0.1) is 12.8 Å². The number of carbonyl (C=O) groups excluding carboxylic acids is 2. The predicted molar refractivity (Wildman–Crippen MR) is 84.5 cm³/mol. The summed E-state index contributed by atoms with van der Waals surface area (Å²) in [5.74, 6) is -0.299. The molecule has 114 valence electrons. The molecule has 0 radical (unpaired) electrons. The minimum atomic E-state index is -0.936. The monoisotopic (exact) mass is 308 g/mol. The maximum Gasteiger partial charge on any atom is 0.252 e. The molecule has 1 aliphatic heterocycles. The lowest BCUT2D eigenvalue weighted by molar-refractivity contribution is -0.138. The van der Waals surface area contributed by atoms with Crippen LogP contribution >= 0.6 is 11.6 Å². The molecule has 0 spiro atoms. The molecule has 1 aliphatic rings. The second-order valence-electron chi connectivity index (χ2n) is 6.38. The molecule has 1 saturated heterocycles. The number of anilines is 1. The van der Waals surface area contributed by atoms with E-state index in [-0.39, 0.29) is 17.7 Å². The molecule has 1 aromatic rings. The van der Waals surface area contributed by atoms with E-state index in [1.165, 1.54) is 0 Å². The molecule has 0 saturated carbocycles. The van der Waals surface area contributed by atoms with E-state index in [4.69, 9.17) is 11.6 Å². The van der Waals surface area contributed by atoms with Crippen molar-refractivity contribution in [3.63, 3.8) is 0 Å². The quantitative estimate of drug-likeness (QED) is 0.913. The van der Waals surface area contributed by atoms with Gasteiger partial charge in [-0.05, 0) is 38.3 Å². The number of aryl methyl sites for hydroxylation is 1. The first kappa shape index (κ1) is 15.8. The number of halogens is 1. The first-order valence-corrected chi connectivity index (χ1v) is 7.45. The Labute approximate surface area is 130 Å². The fraction of sp³-hybridized carbons (Fsp3) is 0.500. The highest BCUT2D eigenvalue weighted by Gasteiger charge is 2.47. The lowest BCUT2D eigenvalue weighted by Crippen LogP contribution is -2.69. The topological polar surface area (TPSA) is 49.4 Å². The number of amides is 2. The van der Waals surface area contributed by atoms with E-state index in [9.17, 15) is 9.59 Å². The minimum Gasteiger partial charge on any atom is -0.340 e. The molecular weight excluding hydrogens is 288 g/mol. The highest BCUT2D eigenvalue weighted by molar-refractivity contribution is 6.34. The van der Waals surface area contributed by atoms with Crippen molar-refractivity contribution in [3.8, 4) is 0 Å². The summed E-state index contributed by atoms with van der Waals surface area (Å²) in [6.45, 7) is 9.17. The van der Waals surface area contributed by atoms with Crippen molar-refractivity contribution >= 4 is 29.1 Å². The van der Waals surface area contributed by atoms with Crippen molar-refractivity contribution in [2.75, 3.05) is 4.90 Å². The molecule has 1 heterocycles. The number of rotatable bonds is 2. The Kier molecular flexibility index (Phi) is 4.02. The third kappa shape index (κ3) is 2.64. The summed E-state index contributed by atoms with van der Waals surface area (Å²) in [5.41, 5.74) is 0.575. The van der Waals surface area contributed by atoms with Crippen LogP contribution in [0.3, 0.4) is 0 Å². The lowest BCUT2D eigenvalue weighted by atomic mass is 9.90. The SMILES string of the molecule is Cc1cccc(Cl)c1N1C(=O)C(C)(C)NC(=O)C1C(C)C. The predicted octanol–water partition coefficient (Wildman–Crippen LogP) is 2.91. The van der Waals surface area contributed by atoms with Gasteiger partial charge in [0, 0.05) is 0 Å². The maximum atomic E-state index is 12.9. The first-order valence-electron chi connectivity index (χ1n) is 7.07. The summed E-state index contributed by atoms with van der Waals surface area (Å²) in [6.07, 6.45) is 0. The summed E-state index contributed by atoms with van der Waals surface area (Å²) in [5, 5.41) is 3.29. The zero-order valence-corrected chi connectivity index (χ0v) is 13.8. The van der Waals surface area contributed by atoms with Crippen molar-refractivity contribution in [2.45, 2.75) is 46.2 Å². The molecule has 0 aromatic heterocycles. The number of nitrogens with zero attached hydrogens (tertiary/aromatic N) is 1. The van der Waals surface area contributed by atoms with Gasteiger partial charge in [0.15, 0.2) is 0 Å². The van der Waals surface area contributed by atoms with Gasteiger partial charge < -0.3 is 5.32 Å². The Hall–Kier alpha value is -1.55. The van der Waals surface area contributed by atoms with Gasteiger partial charge in [0.1, 0.15) is 11.6 Å². The van der Waals surface area contributed by atoms with E-state index in [1.54, 1.807) is 24.8 Å². The van der Waals surface area contributed by atoms with E-state index >= 15 is 0 Å². The molecule has 0 bridgehead atoms. The second-order valence-corrected chi connectivity index (χ2v) is 6.79. The van der Waals surface area contributed by atoms with Crippen LogP contribution in [0.25, 0.3) is 0 Å². The van der Waals surface area contributed by atoms with Gasteiger partial charge in [-0.3, -0.25) is 14.5 Å². The van der Waals surface area contributed by atoms with Crippen LogP contribution < -0.4 is 10.2 Å². The van der Waals surface area contributed by atoms with Gasteiger partial charge in [-0.25, -0.2) is 0 Å². The van der Waals surface area contributed by atoms with Crippen molar-refractivity contribution in [1.82, 2.24) is 5.32 Å². The molecule has 2 amide bonds. The van der Waals surface area contributed by atoms with Crippen molar-refractivity contribution < 1.29 is 9.59 Å². The zero-order valence-electron chi connectivity index (χ0n) is 13.0. The second kappa shape index (κ2) is 5.34. The van der Waals surface area contributed by atoms with Crippen LogP contribution in [0.5, 0.6) is 0 Å². The van der Waals surface area contributed by atoms with E-state index < -0.39 is 11.6 Å². The van der Waals surface area contributed by atoms with E-state index in [0.29, 0.717) is 10.7 Å². The molecule has 1 fully saturated rings. The van der Waals surface area contributed by atoms with Crippen LogP contribution in [-0.2, 0) is 9.59 Å². The number of carbonyl (C=O) groups is 2. The van der Waals surface area contributed by atoms with Gasteiger partial charge in [0.2, 0.25) is 5.91 Å². The Morgan fingerprint density at radius 2 is 1.90 bits per heavy atom. The Morgan fingerprint density at radius 1 is 1.29 bits per heavy atom. The van der Waals surface area contributed by atoms with E-state index in [1.807, 2.05) is 32.9 Å². The fourth-order valence-electron chi connectivity index (χ4n) is 2.75. The normalized spacial score (nSPS) is 21.7. The molecule has 21 heavy (non-hydrogen) atoms. The van der Waals surface area contributed by atoms with E-state index in [0.717, 1.165) is 5.56 Å². The zero-order chi connectivity index (χ0) is 15.9. The smallest absolute Gasteiger partial charge is 0.252 e. The molecular formula is C16H21ClN2O2. The Bertz CT molecular complexity index is 576. The largest absolute Gasteiger partial charge is 0.340 e. The Morgan fingerprint density at radius 3 is 2.43 bits per heavy atom. The van der Waals surface area contributed by atoms with Gasteiger partial charge >= 0.3 is 0 Å². The third-order valence-electron chi connectivity index (χ3n) is 3.80. The average Bonchev–Trinajstić information content (AvgIpc) is 2.33. The van der Waals surface area contributed by atoms with Crippen LogP contribution in [0.1, 0.15) is 33.3 Å². The summed E-state index contributed by atoms with van der Waals surface area (Å²) >= 11 is 6.31. The summed E-state index contributed by atoms with van der Waals surface area (Å²) in [6, 6.07) is 4.93. The van der Waals surface area contributed by atoms with Crippen LogP contribution in [0.2, 0.25) is 5.02 Å². The number of nitrogens with one attached hydrogen (secondary N) is 1. The summed E-state index contributed by atoms with van der Waals surface area (Å²) in [4.78, 5) is 26.9.